The van der Waals surface area contributed by atoms with Gasteiger partial charge in [-0.05, 0) is 109 Å². The smallest absolute Gasteiger partial charge is 0.320 e. The molecule has 0 bridgehead atoms. The molecule has 13 nitrogen and oxygen atoms in total. The van der Waals surface area contributed by atoms with Gasteiger partial charge in [-0.25, -0.2) is 27.1 Å². The Labute approximate surface area is 320 Å². The van der Waals surface area contributed by atoms with Crippen LogP contribution in [0.1, 0.15) is 105 Å². The van der Waals surface area contributed by atoms with E-state index < -0.39 is 22.0 Å². The van der Waals surface area contributed by atoms with E-state index in [1.807, 2.05) is 24.8 Å². The number of carbonyl (C=O) groups is 2. The highest BCUT2D eigenvalue weighted by molar-refractivity contribution is 7.90. The molecule has 6 rings (SSSR count). The number of carbonyl (C=O) groups excluding carboxylic acids is 1. The highest BCUT2D eigenvalue weighted by Gasteiger charge is 2.45. The molecule has 1 aromatic heterocycles. The van der Waals surface area contributed by atoms with Gasteiger partial charge in [0.05, 0.1) is 22.2 Å². The van der Waals surface area contributed by atoms with E-state index in [0.29, 0.717) is 44.7 Å². The predicted molar refractivity (Wildman–Crippen MR) is 207 cm³/mol. The van der Waals surface area contributed by atoms with Gasteiger partial charge in [-0.15, -0.1) is 0 Å². The maximum Gasteiger partial charge on any atom is 0.320 e. The van der Waals surface area contributed by atoms with E-state index in [0.717, 1.165) is 88.0 Å². The number of hydrogen-bond donors (Lipinski definition) is 3. The average molecular weight is 773 g/mol. The number of nitrogens with zero attached hydrogens (tertiary/aromatic N) is 6. The molecular weight excluding hydrogens is 712 g/mol. The highest BCUT2D eigenvalue weighted by Crippen LogP contribution is 2.41. The zero-order valence-corrected chi connectivity index (χ0v) is 33.3. The molecule has 1 unspecified atom stereocenters. The molecule has 3 aliphatic heterocycles. The molecule has 0 spiro atoms. The molecule has 1 aromatic carbocycles. The Hall–Kier alpha value is -3.08. The summed E-state index contributed by atoms with van der Waals surface area (Å²) in [6.07, 6.45) is 8.61. The second-order valence-corrected chi connectivity index (χ2v) is 18.2. The number of piperazine rings is 1. The van der Waals surface area contributed by atoms with Crippen molar-refractivity contribution in [3.05, 3.63) is 58.9 Å². The molecule has 0 radical (unpaired) electrons. The van der Waals surface area contributed by atoms with Crippen molar-refractivity contribution in [1.29, 1.82) is 0 Å². The zero-order chi connectivity index (χ0) is 39.2. The van der Waals surface area contributed by atoms with E-state index in [1.165, 1.54) is 12.4 Å². The number of amides is 1. The van der Waals surface area contributed by atoms with Crippen molar-refractivity contribution in [3.63, 3.8) is 0 Å². The van der Waals surface area contributed by atoms with Crippen LogP contribution in [0.2, 0.25) is 0 Å². The van der Waals surface area contributed by atoms with Crippen LogP contribution in [0.15, 0.2) is 30.6 Å². The molecule has 4 heterocycles. The Morgan fingerprint density at radius 3 is 2.20 bits per heavy atom. The number of halogens is 1. The molecule has 5 N–H and O–H groups in total. The Balaban J connectivity index is 0.000000493. The summed E-state index contributed by atoms with van der Waals surface area (Å²) in [7, 11) is -3.18. The van der Waals surface area contributed by atoms with Crippen LogP contribution in [-0.4, -0.2) is 130 Å². The average Bonchev–Trinajstić information content (AvgIpc) is 4.00. The number of unbranched alkanes of at least 4 members (excludes halogenated alkanes) is 1. The van der Waals surface area contributed by atoms with Crippen LogP contribution in [-0.2, 0) is 14.8 Å². The van der Waals surface area contributed by atoms with Gasteiger partial charge in [0.2, 0.25) is 10.0 Å². The monoisotopic (exact) mass is 772 g/mol. The lowest BCUT2D eigenvalue weighted by molar-refractivity contribution is -0.138. The van der Waals surface area contributed by atoms with Crippen molar-refractivity contribution in [2.45, 2.75) is 114 Å². The van der Waals surface area contributed by atoms with E-state index in [4.69, 9.17) is 16.6 Å². The number of sulfonamides is 1. The Morgan fingerprint density at radius 1 is 1.00 bits per heavy atom. The number of aromatic nitrogens is 2. The number of piperidine rings is 2. The summed E-state index contributed by atoms with van der Waals surface area (Å²) >= 11 is 0. The molecule has 54 heavy (non-hydrogen) atoms. The summed E-state index contributed by atoms with van der Waals surface area (Å²) in [5.41, 5.74) is 13.5. The summed E-state index contributed by atoms with van der Waals surface area (Å²) < 4.78 is 42.0. The fraction of sp³-hybridized carbons (Fsp3) is 0.692. The molecule has 15 heteroatoms. The first-order valence-electron chi connectivity index (χ1n) is 19.7. The normalized spacial score (nSPS) is 22.9. The van der Waals surface area contributed by atoms with Gasteiger partial charge in [0, 0.05) is 63.4 Å². The number of likely N-dealkylation sites (tertiary alicyclic amines) is 1. The van der Waals surface area contributed by atoms with Gasteiger partial charge in [-0.2, -0.15) is 0 Å². The highest BCUT2D eigenvalue weighted by atomic mass is 32.2. The molecular formula is C39H61FN8O5S. The summed E-state index contributed by atoms with van der Waals surface area (Å²) in [6.45, 7) is 14.1. The zero-order valence-electron chi connectivity index (χ0n) is 32.5. The summed E-state index contributed by atoms with van der Waals surface area (Å²) in [5.74, 6) is -0.879. The summed E-state index contributed by atoms with van der Waals surface area (Å²) in [6, 6.07) is 6.58. The quantitative estimate of drug-likeness (QED) is 0.268. The van der Waals surface area contributed by atoms with Gasteiger partial charge in [0.15, 0.2) is 0 Å². The number of aryl methyl sites for hydroxylation is 2. The van der Waals surface area contributed by atoms with Crippen molar-refractivity contribution in [1.82, 2.24) is 29.0 Å². The maximum atomic E-state index is 14.5. The van der Waals surface area contributed by atoms with Crippen LogP contribution in [0.25, 0.3) is 0 Å². The van der Waals surface area contributed by atoms with E-state index >= 15 is 0 Å². The van der Waals surface area contributed by atoms with Crippen molar-refractivity contribution in [2.75, 3.05) is 52.4 Å². The van der Waals surface area contributed by atoms with Crippen LogP contribution < -0.4 is 11.5 Å². The van der Waals surface area contributed by atoms with Crippen LogP contribution in [0.3, 0.4) is 0 Å². The standard InChI is InChI=1S/C33H47FN6O3S.C6H14N2O2/c1-23-21-38(33(4)12-16-37(17-13-33)32(41)30-24(2)35-22-36-25(30)3)18-19-40(23)31(27-6-5-7-28(34)20-27)26-10-14-39(15-11-26)44(42,43)29-8-9-29;7-4-2-1-3-5(8)6(9)10/h5-7,20,22-23,26,29,31H,8-19,21H2,1-4H3;5H,1-4,7-8H2,(H,9,10)/t23-,31-;/m1./s1. The van der Waals surface area contributed by atoms with Crippen molar-refractivity contribution in [2.24, 2.45) is 17.4 Å². The minimum atomic E-state index is -3.18. The van der Waals surface area contributed by atoms with Gasteiger partial charge in [0.25, 0.3) is 5.91 Å². The summed E-state index contributed by atoms with van der Waals surface area (Å²) in [4.78, 5) is 39.1. The van der Waals surface area contributed by atoms with Gasteiger partial charge in [0.1, 0.15) is 18.2 Å². The molecule has 3 atom stereocenters. The number of rotatable bonds is 12. The van der Waals surface area contributed by atoms with Gasteiger partial charge < -0.3 is 21.5 Å². The number of carboxylic acid groups (broad SMARTS) is 1. The van der Waals surface area contributed by atoms with E-state index in [-0.39, 0.29) is 40.5 Å². The van der Waals surface area contributed by atoms with Crippen LogP contribution in [0.4, 0.5) is 4.39 Å². The summed E-state index contributed by atoms with van der Waals surface area (Å²) in [5, 5.41) is 8.14. The molecule has 1 aliphatic carbocycles. The number of aliphatic carboxylic acids is 1. The number of carboxylic acids is 1. The third-order valence-corrected chi connectivity index (χ3v) is 14.5. The number of nitrogens with two attached hydrogens (primary N) is 2. The first-order chi connectivity index (χ1) is 25.7. The van der Waals surface area contributed by atoms with Gasteiger partial charge in [-0.1, -0.05) is 18.6 Å². The van der Waals surface area contributed by atoms with Crippen LogP contribution in [0.5, 0.6) is 0 Å². The van der Waals surface area contributed by atoms with Crippen molar-refractivity contribution < 1.29 is 27.5 Å². The lowest BCUT2D eigenvalue weighted by atomic mass is 9.82. The fourth-order valence-electron chi connectivity index (χ4n) is 8.52. The molecule has 4 fully saturated rings. The second-order valence-electron chi connectivity index (χ2n) is 16.0. The Morgan fingerprint density at radius 2 is 1.65 bits per heavy atom. The molecule has 4 aliphatic rings. The molecule has 1 saturated carbocycles. The first-order valence-corrected chi connectivity index (χ1v) is 21.2. The first kappa shape index (κ1) is 42.1. The SMILES string of the molecule is Cc1ncnc(C)c1C(=O)N1CCC(C)(N2CCN([C@@H](c3cccc(F)c3)C3CCN(S(=O)(=O)C4CC4)CC3)[C@H](C)C2)CC1.NCCCCC(N)C(=O)O. The van der Waals surface area contributed by atoms with E-state index in [2.05, 4.69) is 33.6 Å². The van der Waals surface area contributed by atoms with Gasteiger partial charge in [-0.3, -0.25) is 19.4 Å². The Kier molecular flexibility index (Phi) is 14.2. The molecule has 3 saturated heterocycles. The molecule has 1 amide bonds. The minimum Gasteiger partial charge on any atom is -0.480 e. The topological polar surface area (TPSA) is 179 Å². The predicted octanol–water partition coefficient (Wildman–Crippen LogP) is 3.71. The minimum absolute atomic E-state index is 0.00866. The van der Waals surface area contributed by atoms with E-state index in [1.54, 1.807) is 16.4 Å². The Bertz CT molecular complexity index is 1680. The number of benzene rings is 1. The van der Waals surface area contributed by atoms with Crippen molar-refractivity contribution in [3.8, 4) is 0 Å². The maximum absolute atomic E-state index is 14.5. The lowest BCUT2D eigenvalue weighted by Crippen LogP contribution is -2.63. The molecule has 2 aromatic rings. The van der Waals surface area contributed by atoms with E-state index in [9.17, 15) is 22.4 Å². The van der Waals surface area contributed by atoms with Crippen LogP contribution >= 0.6 is 0 Å². The largest absolute Gasteiger partial charge is 0.480 e. The lowest BCUT2D eigenvalue weighted by Gasteiger charge is -2.54. The third-order valence-electron chi connectivity index (χ3n) is 12.1. The number of hydrogen-bond acceptors (Lipinski definition) is 10. The van der Waals surface area contributed by atoms with Crippen LogP contribution in [0, 0.1) is 25.6 Å². The third kappa shape index (κ3) is 10.0. The van der Waals surface area contributed by atoms with Crippen molar-refractivity contribution >= 4 is 21.9 Å². The molecule has 300 valence electrons. The fourth-order valence-corrected chi connectivity index (χ4v) is 10.4. The second kappa shape index (κ2) is 18.2. The van der Waals surface area contributed by atoms with Gasteiger partial charge >= 0.3 is 5.97 Å².